The Balaban J connectivity index is 2.38. The van der Waals surface area contributed by atoms with Crippen LogP contribution < -0.4 is 0 Å². The number of aldehydes is 1. The van der Waals surface area contributed by atoms with E-state index in [0.29, 0.717) is 6.42 Å². The molecule has 0 radical (unpaired) electrons. The Hall–Kier alpha value is -0.770. The lowest BCUT2D eigenvalue weighted by Gasteiger charge is -1.82. The molecule has 0 aromatic carbocycles. The van der Waals surface area contributed by atoms with Crippen molar-refractivity contribution in [3.8, 4) is 0 Å². The standard InChI is InChI=1S/C5H6N2OS/c8-3-1-2-5-4-6-7-9-5/h3-4H,1-2H2. The van der Waals surface area contributed by atoms with Crippen LogP contribution in [0.3, 0.4) is 0 Å². The molecule has 0 N–H and O–H groups in total. The van der Waals surface area contributed by atoms with Crippen LogP contribution in [-0.4, -0.2) is 15.9 Å². The van der Waals surface area contributed by atoms with Gasteiger partial charge in [-0.25, -0.2) is 0 Å². The Morgan fingerprint density at radius 2 is 2.67 bits per heavy atom. The minimum absolute atomic E-state index is 0.573. The number of aryl methyl sites for hydroxylation is 1. The Bertz CT molecular complexity index is 173. The summed E-state index contributed by atoms with van der Waals surface area (Å²) in [6, 6.07) is 0. The molecular formula is C5H6N2OS. The summed E-state index contributed by atoms with van der Waals surface area (Å²) in [5, 5.41) is 3.63. The maximum Gasteiger partial charge on any atom is 0.120 e. The quantitative estimate of drug-likeness (QED) is 0.582. The van der Waals surface area contributed by atoms with Crippen LogP contribution in [0, 0.1) is 0 Å². The maximum atomic E-state index is 9.86. The van der Waals surface area contributed by atoms with Crippen molar-refractivity contribution in [2.75, 3.05) is 0 Å². The van der Waals surface area contributed by atoms with E-state index in [1.807, 2.05) is 0 Å². The predicted molar refractivity (Wildman–Crippen MR) is 34.3 cm³/mol. The van der Waals surface area contributed by atoms with Gasteiger partial charge in [0.15, 0.2) is 0 Å². The summed E-state index contributed by atoms with van der Waals surface area (Å²) >= 11 is 1.34. The van der Waals surface area contributed by atoms with E-state index in [2.05, 4.69) is 9.59 Å². The molecule has 1 aromatic rings. The molecule has 0 fully saturated rings. The number of carbonyl (C=O) groups is 1. The third-order valence-corrected chi connectivity index (χ3v) is 1.64. The lowest BCUT2D eigenvalue weighted by Crippen LogP contribution is -1.79. The Kier molecular flexibility index (Phi) is 2.32. The number of hydrogen-bond acceptors (Lipinski definition) is 4. The van der Waals surface area contributed by atoms with E-state index >= 15 is 0 Å². The zero-order valence-electron chi connectivity index (χ0n) is 4.78. The molecule has 0 amide bonds. The number of hydrogen-bond donors (Lipinski definition) is 0. The second-order valence-electron chi connectivity index (χ2n) is 1.59. The van der Waals surface area contributed by atoms with Crippen LogP contribution in [0.1, 0.15) is 11.3 Å². The van der Waals surface area contributed by atoms with Crippen molar-refractivity contribution in [3.63, 3.8) is 0 Å². The fraction of sp³-hybridized carbons (Fsp3) is 0.400. The van der Waals surface area contributed by atoms with E-state index < -0.39 is 0 Å². The van der Waals surface area contributed by atoms with Gasteiger partial charge in [-0.1, -0.05) is 4.49 Å². The molecule has 0 unspecified atom stereocenters. The number of aromatic nitrogens is 2. The third kappa shape index (κ3) is 1.89. The molecule has 0 bridgehead atoms. The van der Waals surface area contributed by atoms with E-state index in [0.717, 1.165) is 17.6 Å². The molecule has 1 heterocycles. The summed E-state index contributed by atoms with van der Waals surface area (Å²) in [5.41, 5.74) is 0. The van der Waals surface area contributed by atoms with Gasteiger partial charge in [-0.05, 0) is 18.0 Å². The van der Waals surface area contributed by atoms with Crippen molar-refractivity contribution in [3.05, 3.63) is 11.1 Å². The molecule has 0 saturated heterocycles. The van der Waals surface area contributed by atoms with Crippen molar-refractivity contribution in [2.24, 2.45) is 0 Å². The summed E-state index contributed by atoms with van der Waals surface area (Å²) in [6.07, 6.45) is 3.94. The van der Waals surface area contributed by atoms with Crippen molar-refractivity contribution in [1.82, 2.24) is 9.59 Å². The van der Waals surface area contributed by atoms with Crippen molar-refractivity contribution >= 4 is 17.8 Å². The van der Waals surface area contributed by atoms with Crippen molar-refractivity contribution < 1.29 is 4.79 Å². The highest BCUT2D eigenvalue weighted by Gasteiger charge is 1.92. The molecule has 1 rings (SSSR count). The molecule has 9 heavy (non-hydrogen) atoms. The SMILES string of the molecule is O=CCCc1cnns1. The predicted octanol–water partition coefficient (Wildman–Crippen LogP) is 0.670. The highest BCUT2D eigenvalue weighted by Crippen LogP contribution is 2.03. The first kappa shape index (κ1) is 6.35. The second-order valence-corrected chi connectivity index (χ2v) is 2.46. The molecule has 0 aliphatic heterocycles. The average molecular weight is 142 g/mol. The molecule has 0 atom stereocenters. The highest BCUT2D eigenvalue weighted by molar-refractivity contribution is 7.05. The lowest BCUT2D eigenvalue weighted by molar-refractivity contribution is -0.107. The highest BCUT2D eigenvalue weighted by atomic mass is 32.1. The van der Waals surface area contributed by atoms with Gasteiger partial charge in [0.2, 0.25) is 0 Å². The van der Waals surface area contributed by atoms with Crippen LogP contribution in [0.5, 0.6) is 0 Å². The van der Waals surface area contributed by atoms with Gasteiger partial charge in [-0.3, -0.25) is 0 Å². The van der Waals surface area contributed by atoms with Crippen LogP contribution in [0.25, 0.3) is 0 Å². The first-order valence-electron chi connectivity index (χ1n) is 2.63. The van der Waals surface area contributed by atoms with E-state index in [1.54, 1.807) is 6.20 Å². The molecule has 48 valence electrons. The van der Waals surface area contributed by atoms with Gasteiger partial charge in [0.05, 0.1) is 6.20 Å². The molecule has 0 aliphatic rings. The van der Waals surface area contributed by atoms with Gasteiger partial charge in [0.1, 0.15) is 6.29 Å². The minimum Gasteiger partial charge on any atom is -0.303 e. The van der Waals surface area contributed by atoms with E-state index in [1.165, 1.54) is 11.5 Å². The van der Waals surface area contributed by atoms with Crippen LogP contribution in [0.4, 0.5) is 0 Å². The zero-order valence-corrected chi connectivity index (χ0v) is 5.60. The lowest BCUT2D eigenvalue weighted by atomic mass is 10.3. The van der Waals surface area contributed by atoms with Crippen molar-refractivity contribution in [2.45, 2.75) is 12.8 Å². The maximum absolute atomic E-state index is 9.86. The van der Waals surface area contributed by atoms with Gasteiger partial charge in [-0.2, -0.15) is 0 Å². The number of carbonyl (C=O) groups excluding carboxylic acids is 1. The molecule has 0 saturated carbocycles. The molecule has 1 aromatic heterocycles. The Morgan fingerprint density at radius 1 is 1.78 bits per heavy atom. The summed E-state index contributed by atoms with van der Waals surface area (Å²) in [5.74, 6) is 0. The molecule has 3 nitrogen and oxygen atoms in total. The van der Waals surface area contributed by atoms with Crippen molar-refractivity contribution in [1.29, 1.82) is 0 Å². The average Bonchev–Trinajstić information content (AvgIpc) is 2.34. The molecule has 0 spiro atoms. The second kappa shape index (κ2) is 3.29. The minimum atomic E-state index is 0.573. The topological polar surface area (TPSA) is 42.9 Å². The van der Waals surface area contributed by atoms with Crippen LogP contribution in [0.2, 0.25) is 0 Å². The first-order chi connectivity index (χ1) is 4.43. The Labute approximate surface area is 56.9 Å². The molecule has 4 heteroatoms. The molecular weight excluding hydrogens is 136 g/mol. The fourth-order valence-electron chi connectivity index (χ4n) is 0.499. The fourth-order valence-corrected chi connectivity index (χ4v) is 1.00. The van der Waals surface area contributed by atoms with Crippen LogP contribution in [-0.2, 0) is 11.2 Å². The summed E-state index contributed by atoms with van der Waals surface area (Å²) in [7, 11) is 0. The summed E-state index contributed by atoms with van der Waals surface area (Å²) in [6.45, 7) is 0. The third-order valence-electron chi connectivity index (χ3n) is 0.916. The Morgan fingerprint density at radius 3 is 3.22 bits per heavy atom. The normalized spacial score (nSPS) is 9.33. The summed E-state index contributed by atoms with van der Waals surface area (Å²) < 4.78 is 3.65. The monoisotopic (exact) mass is 142 g/mol. The van der Waals surface area contributed by atoms with E-state index in [4.69, 9.17) is 0 Å². The number of nitrogens with zero attached hydrogens (tertiary/aromatic N) is 2. The van der Waals surface area contributed by atoms with E-state index in [9.17, 15) is 4.79 Å². The molecule has 0 aliphatic carbocycles. The summed E-state index contributed by atoms with van der Waals surface area (Å²) in [4.78, 5) is 10.9. The van der Waals surface area contributed by atoms with Gasteiger partial charge in [0, 0.05) is 11.3 Å². The van der Waals surface area contributed by atoms with Gasteiger partial charge >= 0.3 is 0 Å². The first-order valence-corrected chi connectivity index (χ1v) is 3.40. The van der Waals surface area contributed by atoms with Gasteiger partial charge < -0.3 is 4.79 Å². The van der Waals surface area contributed by atoms with Gasteiger partial charge in [-0.15, -0.1) is 5.10 Å². The largest absolute Gasteiger partial charge is 0.303 e. The van der Waals surface area contributed by atoms with Crippen LogP contribution in [0.15, 0.2) is 6.20 Å². The smallest absolute Gasteiger partial charge is 0.120 e. The van der Waals surface area contributed by atoms with E-state index in [-0.39, 0.29) is 0 Å². The zero-order chi connectivity index (χ0) is 6.53. The number of rotatable bonds is 3. The van der Waals surface area contributed by atoms with Crippen LogP contribution >= 0.6 is 11.5 Å². The van der Waals surface area contributed by atoms with Gasteiger partial charge in [0.25, 0.3) is 0 Å².